The lowest BCUT2D eigenvalue weighted by atomic mass is 9.97. The van der Waals surface area contributed by atoms with Crippen molar-refractivity contribution in [2.45, 2.75) is 6.10 Å². The van der Waals surface area contributed by atoms with Crippen molar-refractivity contribution in [2.75, 3.05) is 0 Å². The van der Waals surface area contributed by atoms with Gasteiger partial charge in [0, 0.05) is 23.3 Å². The molecule has 0 aliphatic rings. The fourth-order valence-corrected chi connectivity index (χ4v) is 2.54. The van der Waals surface area contributed by atoms with Crippen LogP contribution < -0.4 is 0 Å². The van der Waals surface area contributed by atoms with Gasteiger partial charge in [-0.3, -0.25) is 14.9 Å². The van der Waals surface area contributed by atoms with E-state index in [2.05, 4.69) is 0 Å². The molecular formula is C20H15NO4. The number of non-ortho nitro benzene ring substituents is 1. The SMILES string of the molecule is O=C(c1ccccc1)c1ccc(C(O)c2ccc([N+](=O)[O-])cc2)cc1. The summed E-state index contributed by atoms with van der Waals surface area (Å²) in [5, 5.41) is 21.1. The Kier molecular flexibility index (Phi) is 4.68. The van der Waals surface area contributed by atoms with Crippen molar-refractivity contribution in [3.8, 4) is 0 Å². The Bertz CT molecular complexity index is 887. The molecule has 1 atom stereocenters. The summed E-state index contributed by atoms with van der Waals surface area (Å²) in [7, 11) is 0. The Morgan fingerprint density at radius 2 is 1.28 bits per heavy atom. The summed E-state index contributed by atoms with van der Waals surface area (Å²) in [6.07, 6.45) is -0.915. The van der Waals surface area contributed by atoms with Gasteiger partial charge in [0.25, 0.3) is 5.69 Å². The summed E-state index contributed by atoms with van der Waals surface area (Å²) in [4.78, 5) is 22.6. The molecule has 3 aromatic rings. The molecule has 25 heavy (non-hydrogen) atoms. The van der Waals surface area contributed by atoms with Crippen LogP contribution >= 0.6 is 0 Å². The topological polar surface area (TPSA) is 80.4 Å². The number of aliphatic hydroxyl groups excluding tert-OH is 1. The fraction of sp³-hybridized carbons (Fsp3) is 0.0500. The molecule has 0 aromatic heterocycles. The van der Waals surface area contributed by atoms with Crippen LogP contribution in [0.4, 0.5) is 5.69 Å². The van der Waals surface area contributed by atoms with Gasteiger partial charge in [-0.2, -0.15) is 0 Å². The summed E-state index contributed by atoms with van der Waals surface area (Å²) >= 11 is 0. The number of aliphatic hydroxyl groups is 1. The summed E-state index contributed by atoms with van der Waals surface area (Å²) in [6, 6.07) is 21.4. The standard InChI is InChI=1S/C20H15NO4/c22-19(14-4-2-1-3-5-14)15-6-8-16(9-7-15)20(23)17-10-12-18(13-11-17)21(24)25/h1-13,20,23H. The van der Waals surface area contributed by atoms with Gasteiger partial charge in [-0.25, -0.2) is 0 Å². The van der Waals surface area contributed by atoms with Gasteiger partial charge in [0.1, 0.15) is 6.10 Å². The molecule has 0 heterocycles. The van der Waals surface area contributed by atoms with E-state index in [0.29, 0.717) is 22.3 Å². The van der Waals surface area contributed by atoms with Gasteiger partial charge in [0.05, 0.1) is 4.92 Å². The van der Waals surface area contributed by atoms with Gasteiger partial charge in [0.2, 0.25) is 0 Å². The molecule has 0 radical (unpaired) electrons. The Hall–Kier alpha value is -3.31. The smallest absolute Gasteiger partial charge is 0.269 e. The van der Waals surface area contributed by atoms with Gasteiger partial charge < -0.3 is 5.11 Å². The second-order valence-corrected chi connectivity index (χ2v) is 5.57. The molecule has 1 unspecified atom stereocenters. The van der Waals surface area contributed by atoms with Crippen LogP contribution in [0.3, 0.4) is 0 Å². The van der Waals surface area contributed by atoms with Gasteiger partial charge in [0.15, 0.2) is 5.78 Å². The summed E-state index contributed by atoms with van der Waals surface area (Å²) in [5.74, 6) is -0.0861. The minimum Gasteiger partial charge on any atom is -0.384 e. The molecule has 1 N–H and O–H groups in total. The molecule has 3 rings (SSSR count). The zero-order valence-corrected chi connectivity index (χ0v) is 13.2. The Morgan fingerprint density at radius 1 is 0.800 bits per heavy atom. The van der Waals surface area contributed by atoms with Crippen LogP contribution in [0, 0.1) is 10.1 Å². The zero-order chi connectivity index (χ0) is 17.8. The number of hydrogen-bond donors (Lipinski definition) is 1. The molecule has 0 aliphatic heterocycles. The molecule has 0 saturated carbocycles. The zero-order valence-electron chi connectivity index (χ0n) is 13.2. The van der Waals surface area contributed by atoms with E-state index in [0.717, 1.165) is 0 Å². The first-order valence-electron chi connectivity index (χ1n) is 7.68. The molecule has 0 aliphatic carbocycles. The molecule has 0 bridgehead atoms. The number of nitrogens with zero attached hydrogens (tertiary/aromatic N) is 1. The second-order valence-electron chi connectivity index (χ2n) is 5.57. The average Bonchev–Trinajstić information content (AvgIpc) is 2.67. The molecule has 124 valence electrons. The Balaban J connectivity index is 1.79. The maximum absolute atomic E-state index is 12.4. The molecule has 0 fully saturated rings. The van der Waals surface area contributed by atoms with Crippen molar-refractivity contribution >= 4 is 11.5 Å². The van der Waals surface area contributed by atoms with Crippen molar-refractivity contribution < 1.29 is 14.8 Å². The van der Waals surface area contributed by atoms with Crippen LogP contribution in [0.15, 0.2) is 78.9 Å². The molecular weight excluding hydrogens is 318 g/mol. The van der Waals surface area contributed by atoms with E-state index >= 15 is 0 Å². The lowest BCUT2D eigenvalue weighted by Gasteiger charge is -2.12. The first-order valence-corrected chi connectivity index (χ1v) is 7.68. The molecule has 5 heteroatoms. The van der Waals surface area contributed by atoms with Crippen molar-refractivity contribution in [3.05, 3.63) is 111 Å². The lowest BCUT2D eigenvalue weighted by Crippen LogP contribution is -2.03. The number of ketones is 1. The predicted molar refractivity (Wildman–Crippen MR) is 93.5 cm³/mol. The molecule has 5 nitrogen and oxygen atoms in total. The highest BCUT2D eigenvalue weighted by atomic mass is 16.6. The van der Waals surface area contributed by atoms with Crippen LogP contribution in [0.5, 0.6) is 0 Å². The molecule has 0 spiro atoms. The van der Waals surface area contributed by atoms with E-state index in [4.69, 9.17) is 0 Å². The van der Waals surface area contributed by atoms with Crippen LogP contribution in [0.2, 0.25) is 0 Å². The first kappa shape index (κ1) is 16.5. The highest BCUT2D eigenvalue weighted by molar-refractivity contribution is 6.08. The Labute approximate surface area is 144 Å². The number of hydrogen-bond acceptors (Lipinski definition) is 4. The summed E-state index contributed by atoms with van der Waals surface area (Å²) < 4.78 is 0. The van der Waals surface area contributed by atoms with Gasteiger partial charge >= 0.3 is 0 Å². The number of nitro benzene ring substituents is 1. The van der Waals surface area contributed by atoms with Gasteiger partial charge in [-0.1, -0.05) is 54.6 Å². The van der Waals surface area contributed by atoms with Crippen molar-refractivity contribution in [1.29, 1.82) is 0 Å². The normalized spacial score (nSPS) is 11.7. The third kappa shape index (κ3) is 3.62. The van der Waals surface area contributed by atoms with Gasteiger partial charge in [-0.15, -0.1) is 0 Å². The first-order chi connectivity index (χ1) is 12.1. The van der Waals surface area contributed by atoms with Crippen LogP contribution in [-0.2, 0) is 0 Å². The van der Waals surface area contributed by atoms with E-state index < -0.39 is 11.0 Å². The number of rotatable bonds is 5. The largest absolute Gasteiger partial charge is 0.384 e. The molecule has 0 saturated heterocycles. The number of carbonyl (C=O) groups is 1. The predicted octanol–water partition coefficient (Wildman–Crippen LogP) is 3.91. The van der Waals surface area contributed by atoms with E-state index in [-0.39, 0.29) is 11.5 Å². The number of carbonyl (C=O) groups excluding carboxylic acids is 1. The maximum Gasteiger partial charge on any atom is 0.269 e. The van der Waals surface area contributed by atoms with Crippen LogP contribution in [0.1, 0.15) is 33.2 Å². The van der Waals surface area contributed by atoms with E-state index in [1.165, 1.54) is 24.3 Å². The fourth-order valence-electron chi connectivity index (χ4n) is 2.54. The molecule has 3 aromatic carbocycles. The monoisotopic (exact) mass is 333 g/mol. The third-order valence-corrected chi connectivity index (χ3v) is 3.94. The quantitative estimate of drug-likeness (QED) is 0.436. The van der Waals surface area contributed by atoms with Crippen molar-refractivity contribution in [1.82, 2.24) is 0 Å². The summed E-state index contributed by atoms with van der Waals surface area (Å²) in [6.45, 7) is 0. The highest BCUT2D eigenvalue weighted by Gasteiger charge is 2.14. The average molecular weight is 333 g/mol. The van der Waals surface area contributed by atoms with E-state index in [1.807, 2.05) is 6.07 Å². The van der Waals surface area contributed by atoms with E-state index in [1.54, 1.807) is 48.5 Å². The van der Waals surface area contributed by atoms with Gasteiger partial charge in [-0.05, 0) is 23.3 Å². The van der Waals surface area contributed by atoms with Crippen LogP contribution in [-0.4, -0.2) is 15.8 Å². The molecule has 0 amide bonds. The third-order valence-electron chi connectivity index (χ3n) is 3.94. The minimum absolute atomic E-state index is 0.0280. The van der Waals surface area contributed by atoms with Crippen molar-refractivity contribution in [3.63, 3.8) is 0 Å². The van der Waals surface area contributed by atoms with Crippen molar-refractivity contribution in [2.24, 2.45) is 0 Å². The Morgan fingerprint density at radius 3 is 1.80 bits per heavy atom. The second kappa shape index (κ2) is 7.07. The maximum atomic E-state index is 12.4. The highest BCUT2D eigenvalue weighted by Crippen LogP contribution is 2.24. The van der Waals surface area contributed by atoms with Crippen LogP contribution in [0.25, 0.3) is 0 Å². The minimum atomic E-state index is -0.915. The number of benzene rings is 3. The number of nitro groups is 1. The summed E-state index contributed by atoms with van der Waals surface area (Å²) in [5.41, 5.74) is 2.27. The van der Waals surface area contributed by atoms with E-state index in [9.17, 15) is 20.0 Å². The lowest BCUT2D eigenvalue weighted by molar-refractivity contribution is -0.384.